The molecule has 0 heterocycles. The van der Waals surface area contributed by atoms with Gasteiger partial charge in [0.2, 0.25) is 0 Å². The lowest BCUT2D eigenvalue weighted by Gasteiger charge is -2.22. The highest BCUT2D eigenvalue weighted by molar-refractivity contribution is 6.05. The molecule has 0 aromatic heterocycles. The van der Waals surface area contributed by atoms with Gasteiger partial charge in [0.15, 0.2) is 0 Å². The summed E-state index contributed by atoms with van der Waals surface area (Å²) >= 11 is 0. The fourth-order valence-electron chi connectivity index (χ4n) is 8.27. The minimum absolute atomic E-state index is 0.102. The van der Waals surface area contributed by atoms with E-state index in [1.54, 1.807) is 24.3 Å². The highest BCUT2D eigenvalue weighted by Crippen LogP contribution is 2.40. The molecule has 8 aromatic rings. The van der Waals surface area contributed by atoms with Crippen LogP contribution in [0.1, 0.15) is 76.4 Å². The first-order chi connectivity index (χ1) is 31.3. The number of phenols is 2. The van der Waals surface area contributed by atoms with Gasteiger partial charge < -0.3 is 30.3 Å². The van der Waals surface area contributed by atoms with Crippen molar-refractivity contribution in [2.45, 2.75) is 38.9 Å². The normalized spacial score (nSPS) is 11.9. The van der Waals surface area contributed by atoms with Gasteiger partial charge in [-0.2, -0.15) is 0 Å². The fourth-order valence-corrected chi connectivity index (χ4v) is 8.27. The molecule has 0 saturated carbocycles. The number of hydrogen-bond acceptors (Lipinski definition) is 6. The zero-order valence-corrected chi connectivity index (χ0v) is 35.1. The van der Waals surface area contributed by atoms with Crippen LogP contribution in [0.5, 0.6) is 23.0 Å². The number of carbonyl (C=O) groups excluding carboxylic acids is 2. The van der Waals surface area contributed by atoms with Gasteiger partial charge in [0.25, 0.3) is 11.8 Å². The van der Waals surface area contributed by atoms with E-state index < -0.39 is 0 Å². The van der Waals surface area contributed by atoms with Crippen molar-refractivity contribution in [1.82, 2.24) is 0 Å². The first kappa shape index (κ1) is 41.3. The Balaban J connectivity index is 1.21. The predicted octanol–water partition coefficient (Wildman–Crippen LogP) is 11.4. The lowest BCUT2D eigenvalue weighted by molar-refractivity contribution is 0.101. The molecule has 1 aliphatic rings. The minimum atomic E-state index is -0.270. The highest BCUT2D eigenvalue weighted by Gasteiger charge is 2.23. The number of hydrogen-bond donors (Lipinski definition) is 4. The number of anilines is 2. The maximum Gasteiger partial charge on any atom is 0.255 e. The van der Waals surface area contributed by atoms with Crippen molar-refractivity contribution in [2.75, 3.05) is 10.6 Å². The predicted molar refractivity (Wildman–Crippen MR) is 251 cm³/mol. The molecule has 0 unspecified atom stereocenters. The van der Waals surface area contributed by atoms with Crippen molar-refractivity contribution in [3.63, 3.8) is 0 Å². The second-order valence-electron chi connectivity index (χ2n) is 16.0. The van der Waals surface area contributed by atoms with Gasteiger partial charge in [0, 0.05) is 70.4 Å². The smallest absolute Gasteiger partial charge is 0.255 e. The highest BCUT2D eigenvalue weighted by atomic mass is 16.5. The van der Waals surface area contributed by atoms with Gasteiger partial charge in [0.05, 0.1) is 0 Å². The molecule has 4 N–H and O–H groups in total. The average Bonchev–Trinajstić information content (AvgIpc) is 3.32. The zero-order chi connectivity index (χ0) is 43.8. The van der Waals surface area contributed by atoms with Gasteiger partial charge in [0.1, 0.15) is 36.2 Å². The first-order valence-corrected chi connectivity index (χ1v) is 21.3. The SMILES string of the molecule is O=C(Nc1cc2c(O)c(c1)Cc1cccc(c1OCc1ccccc1)Cc1cc(NC(=O)c3ccccc3)cc(c1O)Cc1cccc(c1OCc1ccccc1)C2)c1ccccc1. The average molecular weight is 843 g/mol. The third-order valence-corrected chi connectivity index (χ3v) is 11.5. The number of nitrogens with one attached hydrogen (secondary N) is 2. The van der Waals surface area contributed by atoms with E-state index in [0.717, 1.165) is 33.4 Å². The number of fused-ring (bicyclic) bond motifs is 8. The molecule has 0 saturated heterocycles. The van der Waals surface area contributed by atoms with Gasteiger partial charge >= 0.3 is 0 Å². The molecule has 8 aromatic carbocycles. The zero-order valence-electron chi connectivity index (χ0n) is 35.1. The molecule has 8 nitrogen and oxygen atoms in total. The quantitative estimate of drug-likeness (QED) is 0.102. The van der Waals surface area contributed by atoms with E-state index in [1.807, 2.05) is 158 Å². The first-order valence-electron chi connectivity index (χ1n) is 21.3. The molecule has 0 atom stereocenters. The van der Waals surface area contributed by atoms with Crippen molar-refractivity contribution in [3.05, 3.63) is 249 Å². The van der Waals surface area contributed by atoms with E-state index >= 15 is 0 Å². The summed E-state index contributed by atoms with van der Waals surface area (Å²) in [5.74, 6) is 0.886. The summed E-state index contributed by atoms with van der Waals surface area (Å²) < 4.78 is 13.4. The van der Waals surface area contributed by atoms with E-state index in [-0.39, 0.29) is 62.2 Å². The number of para-hydroxylation sites is 2. The van der Waals surface area contributed by atoms with Crippen LogP contribution in [-0.2, 0) is 38.9 Å². The number of benzene rings is 8. The number of amides is 2. The van der Waals surface area contributed by atoms with Crippen LogP contribution in [0.25, 0.3) is 0 Å². The third kappa shape index (κ3) is 9.52. The molecule has 2 amide bonds. The van der Waals surface area contributed by atoms with Crippen LogP contribution in [0.3, 0.4) is 0 Å². The number of phenolic OH excluding ortho intramolecular Hbond substituents is 2. The van der Waals surface area contributed by atoms with E-state index in [0.29, 0.717) is 56.3 Å². The van der Waals surface area contributed by atoms with Gasteiger partial charge in [-0.05, 0) is 81.9 Å². The Kier molecular flexibility index (Phi) is 12.2. The monoisotopic (exact) mass is 842 g/mol. The molecule has 0 radical (unpaired) electrons. The van der Waals surface area contributed by atoms with Crippen LogP contribution in [0, 0.1) is 0 Å². The third-order valence-electron chi connectivity index (χ3n) is 11.5. The molecule has 0 aliphatic heterocycles. The van der Waals surface area contributed by atoms with Crippen LogP contribution in [0.2, 0.25) is 0 Å². The fraction of sp³-hybridized carbons (Fsp3) is 0.107. The summed E-state index contributed by atoms with van der Waals surface area (Å²) in [6, 6.07) is 56.9. The second kappa shape index (κ2) is 18.9. The Morgan fingerprint density at radius 1 is 0.391 bits per heavy atom. The van der Waals surface area contributed by atoms with Crippen LogP contribution in [0.15, 0.2) is 182 Å². The molecule has 1 aliphatic carbocycles. The van der Waals surface area contributed by atoms with Crippen LogP contribution >= 0.6 is 0 Å². The summed E-state index contributed by atoms with van der Waals surface area (Å²) in [4.78, 5) is 27.2. The molecule has 8 heteroatoms. The lowest BCUT2D eigenvalue weighted by atomic mass is 9.90. The Hall–Kier alpha value is -8.10. The van der Waals surface area contributed by atoms with Gasteiger partial charge in [-0.3, -0.25) is 9.59 Å². The van der Waals surface area contributed by atoms with Crippen molar-refractivity contribution in [2.24, 2.45) is 0 Å². The number of aromatic hydroxyl groups is 2. The van der Waals surface area contributed by atoms with E-state index in [1.165, 1.54) is 0 Å². The Bertz CT molecular complexity index is 2640. The molecular weight excluding hydrogens is 797 g/mol. The summed E-state index contributed by atoms with van der Waals surface area (Å²) in [5.41, 5.74) is 9.61. The van der Waals surface area contributed by atoms with E-state index in [9.17, 15) is 19.8 Å². The van der Waals surface area contributed by atoms with Gasteiger partial charge in [-0.25, -0.2) is 0 Å². The molecule has 0 fully saturated rings. The maximum absolute atomic E-state index is 13.6. The van der Waals surface area contributed by atoms with Crippen molar-refractivity contribution in [1.29, 1.82) is 0 Å². The molecule has 9 rings (SSSR count). The largest absolute Gasteiger partial charge is 0.507 e. The second-order valence-corrected chi connectivity index (χ2v) is 16.0. The summed E-state index contributed by atoms with van der Waals surface area (Å²) in [6.45, 7) is 0.556. The molecule has 8 bridgehead atoms. The summed E-state index contributed by atoms with van der Waals surface area (Å²) in [6.07, 6.45) is 1.03. The number of rotatable bonds is 10. The summed E-state index contributed by atoms with van der Waals surface area (Å²) in [5, 5.41) is 30.7. The molecule has 0 spiro atoms. The Morgan fingerprint density at radius 3 is 1.00 bits per heavy atom. The Labute approximate surface area is 372 Å². The van der Waals surface area contributed by atoms with Crippen molar-refractivity contribution < 1.29 is 29.3 Å². The molecular formula is C56H46N2O6. The van der Waals surface area contributed by atoms with Crippen molar-refractivity contribution >= 4 is 23.2 Å². The van der Waals surface area contributed by atoms with Crippen LogP contribution < -0.4 is 20.1 Å². The standard InChI is InChI=1S/C56H46N2O6/c59-51-45-27-41-23-13-24-42(53(41)63-35-37-15-5-1-6-16-37)28-46-32-50(58-56(62)40-21-11-4-12-22-40)34-48(52(46)60)30-44-26-14-25-43(54(44)64-36-38-17-7-2-8-18-38)29-47(51)33-49(31-45)57-55(61)39-19-9-3-10-20-39/h1-26,31-34,59-60H,27-30,35-36H2,(H,57,61)(H,58,62). The van der Waals surface area contributed by atoms with Crippen LogP contribution in [-0.4, -0.2) is 22.0 Å². The van der Waals surface area contributed by atoms with Crippen molar-refractivity contribution in [3.8, 4) is 23.0 Å². The Morgan fingerprint density at radius 2 is 0.688 bits per heavy atom. The molecule has 316 valence electrons. The topological polar surface area (TPSA) is 117 Å². The van der Waals surface area contributed by atoms with E-state index in [2.05, 4.69) is 10.6 Å². The summed E-state index contributed by atoms with van der Waals surface area (Å²) in [7, 11) is 0. The minimum Gasteiger partial charge on any atom is -0.507 e. The van der Waals surface area contributed by atoms with Gasteiger partial charge in [-0.15, -0.1) is 0 Å². The van der Waals surface area contributed by atoms with Crippen LogP contribution in [0.4, 0.5) is 11.4 Å². The lowest BCUT2D eigenvalue weighted by Crippen LogP contribution is -2.13. The van der Waals surface area contributed by atoms with E-state index in [4.69, 9.17) is 9.47 Å². The number of carbonyl (C=O) groups is 2. The molecule has 64 heavy (non-hydrogen) atoms. The van der Waals surface area contributed by atoms with Gasteiger partial charge in [-0.1, -0.05) is 133 Å². The maximum atomic E-state index is 13.6. The number of ether oxygens (including phenoxy) is 2.